The van der Waals surface area contributed by atoms with Gasteiger partial charge in [0, 0.05) is 26.4 Å². The van der Waals surface area contributed by atoms with Gasteiger partial charge in [-0.2, -0.15) is 0 Å². The smallest absolute Gasteiger partial charge is 0.270 e. The summed E-state index contributed by atoms with van der Waals surface area (Å²) in [5.74, 6) is 0.435. The summed E-state index contributed by atoms with van der Waals surface area (Å²) in [4.78, 5) is 33.5. The van der Waals surface area contributed by atoms with Gasteiger partial charge in [0.25, 0.3) is 5.91 Å². The molecule has 0 saturated carbocycles. The van der Waals surface area contributed by atoms with E-state index in [0.29, 0.717) is 23.8 Å². The number of fused-ring (bicyclic) bond motifs is 1. The van der Waals surface area contributed by atoms with Gasteiger partial charge in [-0.05, 0) is 18.1 Å². The van der Waals surface area contributed by atoms with Crippen LogP contribution >= 0.6 is 11.3 Å². The molecule has 0 saturated heterocycles. The fourth-order valence-corrected chi connectivity index (χ4v) is 3.88. The van der Waals surface area contributed by atoms with Crippen molar-refractivity contribution in [3.8, 4) is 0 Å². The van der Waals surface area contributed by atoms with Crippen molar-refractivity contribution in [1.82, 2.24) is 4.98 Å². The van der Waals surface area contributed by atoms with E-state index in [4.69, 9.17) is 0 Å². The number of thiazole rings is 1. The van der Waals surface area contributed by atoms with Gasteiger partial charge in [-0.1, -0.05) is 26.0 Å². The molecular formula is C18H21N3O2S. The topological polar surface area (TPSA) is 53.5 Å². The SMILES string of the molecule is CC(C)Cc1ncc(C(=O)N2CCC(=O)N(C)c3ccccc32)s1. The monoisotopic (exact) mass is 343 g/mol. The Morgan fingerprint density at radius 2 is 2.00 bits per heavy atom. The lowest BCUT2D eigenvalue weighted by molar-refractivity contribution is -0.118. The second-order valence-corrected chi connectivity index (χ2v) is 7.48. The zero-order valence-corrected chi connectivity index (χ0v) is 15.0. The minimum Gasteiger partial charge on any atom is -0.313 e. The van der Waals surface area contributed by atoms with Crippen LogP contribution in [-0.2, 0) is 11.2 Å². The number of amides is 2. The number of anilines is 2. The molecule has 0 unspecified atom stereocenters. The van der Waals surface area contributed by atoms with Crippen molar-refractivity contribution in [3.63, 3.8) is 0 Å². The number of rotatable bonds is 3. The fraction of sp³-hybridized carbons (Fsp3) is 0.389. The van der Waals surface area contributed by atoms with Crippen LogP contribution in [0.3, 0.4) is 0 Å². The van der Waals surface area contributed by atoms with Gasteiger partial charge in [-0.25, -0.2) is 4.98 Å². The standard InChI is InChI=1S/C18H21N3O2S/c1-12(2)10-16-19-11-15(24-16)18(23)21-9-8-17(22)20(3)13-6-4-5-7-14(13)21/h4-7,11-12H,8-10H2,1-3H3. The van der Waals surface area contributed by atoms with E-state index in [2.05, 4.69) is 18.8 Å². The molecule has 2 amide bonds. The quantitative estimate of drug-likeness (QED) is 0.859. The fourth-order valence-electron chi connectivity index (χ4n) is 2.80. The number of hydrogen-bond donors (Lipinski definition) is 0. The highest BCUT2D eigenvalue weighted by atomic mass is 32.1. The number of carbonyl (C=O) groups is 2. The van der Waals surface area contributed by atoms with Crippen LogP contribution in [0.15, 0.2) is 30.5 Å². The first-order chi connectivity index (χ1) is 11.5. The summed E-state index contributed by atoms with van der Waals surface area (Å²) in [6, 6.07) is 7.53. The normalized spacial score (nSPS) is 14.8. The van der Waals surface area contributed by atoms with E-state index in [1.165, 1.54) is 11.3 Å². The lowest BCUT2D eigenvalue weighted by Gasteiger charge is -2.22. The van der Waals surface area contributed by atoms with Crippen molar-refractivity contribution in [3.05, 3.63) is 40.3 Å². The third kappa shape index (κ3) is 3.19. The van der Waals surface area contributed by atoms with Crippen LogP contribution in [0.2, 0.25) is 0 Å². The number of carbonyl (C=O) groups excluding carboxylic acids is 2. The Bertz CT molecular complexity index is 769. The van der Waals surface area contributed by atoms with Gasteiger partial charge < -0.3 is 9.80 Å². The Balaban J connectivity index is 1.93. The van der Waals surface area contributed by atoms with Crippen molar-refractivity contribution in [1.29, 1.82) is 0 Å². The third-order valence-corrected chi connectivity index (χ3v) is 5.06. The van der Waals surface area contributed by atoms with Crippen LogP contribution in [0.1, 0.15) is 34.9 Å². The van der Waals surface area contributed by atoms with Gasteiger partial charge in [0.1, 0.15) is 4.88 Å². The van der Waals surface area contributed by atoms with Crippen molar-refractivity contribution in [2.24, 2.45) is 5.92 Å². The maximum atomic E-state index is 13.0. The van der Waals surface area contributed by atoms with Gasteiger partial charge in [0.15, 0.2) is 0 Å². The molecule has 0 spiro atoms. The first-order valence-electron chi connectivity index (χ1n) is 8.09. The number of hydrogen-bond acceptors (Lipinski definition) is 4. The van der Waals surface area contributed by atoms with Crippen molar-refractivity contribution >= 4 is 34.5 Å². The molecule has 2 aromatic rings. The van der Waals surface area contributed by atoms with Gasteiger partial charge in [-0.15, -0.1) is 11.3 Å². The molecule has 0 atom stereocenters. The zero-order valence-electron chi connectivity index (χ0n) is 14.2. The van der Waals surface area contributed by atoms with Crippen LogP contribution in [0, 0.1) is 5.92 Å². The predicted octanol–water partition coefficient (Wildman–Crippen LogP) is 3.35. The zero-order chi connectivity index (χ0) is 17.3. The van der Waals surface area contributed by atoms with Crippen LogP contribution in [0.4, 0.5) is 11.4 Å². The van der Waals surface area contributed by atoms with Gasteiger partial charge in [0.05, 0.1) is 22.6 Å². The minimum absolute atomic E-state index is 0.0163. The highest BCUT2D eigenvalue weighted by molar-refractivity contribution is 7.13. The van der Waals surface area contributed by atoms with Crippen molar-refractivity contribution in [2.75, 3.05) is 23.4 Å². The summed E-state index contributed by atoms with van der Waals surface area (Å²) in [5, 5.41) is 0.977. The summed E-state index contributed by atoms with van der Waals surface area (Å²) in [5.41, 5.74) is 1.54. The molecule has 0 N–H and O–H groups in total. The lowest BCUT2D eigenvalue weighted by atomic mass is 10.1. The largest absolute Gasteiger partial charge is 0.313 e. The Kier molecular flexibility index (Phi) is 4.66. The molecule has 0 radical (unpaired) electrons. The minimum atomic E-state index is -0.0851. The Morgan fingerprint density at radius 3 is 2.71 bits per heavy atom. The Labute approximate surface area is 145 Å². The second-order valence-electron chi connectivity index (χ2n) is 6.36. The first kappa shape index (κ1) is 16.6. The molecule has 3 rings (SSSR count). The summed E-state index contributed by atoms with van der Waals surface area (Å²) in [7, 11) is 1.75. The highest BCUT2D eigenvalue weighted by Gasteiger charge is 2.28. The van der Waals surface area contributed by atoms with Crippen molar-refractivity contribution < 1.29 is 9.59 Å². The maximum absolute atomic E-state index is 13.0. The van der Waals surface area contributed by atoms with E-state index in [-0.39, 0.29) is 11.8 Å². The average molecular weight is 343 g/mol. The number of para-hydroxylation sites is 2. The van der Waals surface area contributed by atoms with Crippen LogP contribution < -0.4 is 9.80 Å². The van der Waals surface area contributed by atoms with E-state index in [1.54, 1.807) is 23.0 Å². The molecule has 1 aromatic carbocycles. The Morgan fingerprint density at radius 1 is 1.29 bits per heavy atom. The second kappa shape index (κ2) is 6.73. The van der Waals surface area contributed by atoms with E-state index in [9.17, 15) is 9.59 Å². The maximum Gasteiger partial charge on any atom is 0.270 e. The Hall–Kier alpha value is -2.21. The van der Waals surface area contributed by atoms with Crippen molar-refractivity contribution in [2.45, 2.75) is 26.7 Å². The van der Waals surface area contributed by atoms with Crippen LogP contribution in [0.5, 0.6) is 0 Å². The molecular weight excluding hydrogens is 322 g/mol. The molecule has 6 heteroatoms. The average Bonchev–Trinajstić information content (AvgIpc) is 2.97. The van der Waals surface area contributed by atoms with E-state index >= 15 is 0 Å². The molecule has 0 bridgehead atoms. The summed E-state index contributed by atoms with van der Waals surface area (Å²) >= 11 is 1.45. The van der Waals surface area contributed by atoms with E-state index < -0.39 is 0 Å². The number of nitrogens with zero attached hydrogens (tertiary/aromatic N) is 3. The molecule has 2 heterocycles. The molecule has 1 aliphatic heterocycles. The summed E-state index contributed by atoms with van der Waals surface area (Å²) in [6.07, 6.45) is 2.84. The summed E-state index contributed by atoms with van der Waals surface area (Å²) in [6.45, 7) is 4.65. The predicted molar refractivity (Wildman–Crippen MR) is 96.8 cm³/mol. The molecule has 24 heavy (non-hydrogen) atoms. The van der Waals surface area contributed by atoms with Crippen LogP contribution in [0.25, 0.3) is 0 Å². The van der Waals surface area contributed by atoms with E-state index in [1.807, 2.05) is 24.3 Å². The highest BCUT2D eigenvalue weighted by Crippen LogP contribution is 2.33. The van der Waals surface area contributed by atoms with E-state index in [0.717, 1.165) is 22.8 Å². The molecule has 126 valence electrons. The lowest BCUT2D eigenvalue weighted by Crippen LogP contribution is -2.31. The molecule has 5 nitrogen and oxygen atoms in total. The number of benzene rings is 1. The van der Waals surface area contributed by atoms with Gasteiger partial charge in [0.2, 0.25) is 5.91 Å². The van der Waals surface area contributed by atoms with Gasteiger partial charge >= 0.3 is 0 Å². The molecule has 1 aliphatic rings. The van der Waals surface area contributed by atoms with Gasteiger partial charge in [-0.3, -0.25) is 9.59 Å². The van der Waals surface area contributed by atoms with Crippen LogP contribution in [-0.4, -0.2) is 30.4 Å². The first-order valence-corrected chi connectivity index (χ1v) is 8.91. The number of aromatic nitrogens is 1. The molecule has 0 aliphatic carbocycles. The molecule has 0 fully saturated rings. The molecule has 1 aromatic heterocycles. The summed E-state index contributed by atoms with van der Waals surface area (Å²) < 4.78 is 0. The third-order valence-electron chi connectivity index (χ3n) is 4.05.